The number of aromatic nitrogens is 1. The van der Waals surface area contributed by atoms with Gasteiger partial charge >= 0.3 is 0 Å². The Labute approximate surface area is 179 Å². The Bertz CT molecular complexity index is 915. The highest BCUT2D eigenvalue weighted by atomic mass is 16.3. The highest BCUT2D eigenvalue weighted by Gasteiger charge is 2.10. The average molecular weight is 414 g/mol. The summed E-state index contributed by atoms with van der Waals surface area (Å²) < 4.78 is 5.40. The number of fused-ring (bicyclic) bond motifs is 1. The van der Waals surface area contributed by atoms with E-state index in [4.69, 9.17) is 9.52 Å². The van der Waals surface area contributed by atoms with Gasteiger partial charge in [-0.3, -0.25) is 4.79 Å². The van der Waals surface area contributed by atoms with E-state index in [0.29, 0.717) is 36.0 Å². The minimum absolute atomic E-state index is 0.292. The summed E-state index contributed by atoms with van der Waals surface area (Å²) in [7, 11) is 1.96. The summed E-state index contributed by atoms with van der Waals surface area (Å²) in [5.74, 6) is 1.07. The lowest BCUT2D eigenvalue weighted by Crippen LogP contribution is -2.31. The second-order valence-electron chi connectivity index (χ2n) is 8.55. The maximum absolute atomic E-state index is 10.6. The smallest absolute Gasteiger partial charge is 0.185 e. The van der Waals surface area contributed by atoms with Crippen molar-refractivity contribution in [2.45, 2.75) is 52.1 Å². The van der Waals surface area contributed by atoms with Crippen LogP contribution in [0, 0.1) is 6.92 Å². The molecule has 2 aromatic heterocycles. The van der Waals surface area contributed by atoms with Gasteiger partial charge in [-0.15, -0.1) is 0 Å². The van der Waals surface area contributed by atoms with Gasteiger partial charge in [-0.2, -0.15) is 0 Å². The quantitative estimate of drug-likeness (QED) is 0.481. The van der Waals surface area contributed by atoms with Gasteiger partial charge < -0.3 is 25.1 Å². The largest absolute Gasteiger partial charge is 0.453 e. The van der Waals surface area contributed by atoms with Crippen LogP contribution in [0.2, 0.25) is 0 Å². The number of carbonyl (C=O) groups excluding carboxylic acids is 1. The fourth-order valence-corrected chi connectivity index (χ4v) is 2.91. The molecular weight excluding hydrogens is 378 g/mol. The molecule has 1 aliphatic rings. The number of carbonyl (C=O) groups is 1. The van der Waals surface area contributed by atoms with E-state index < -0.39 is 0 Å². The van der Waals surface area contributed by atoms with Crippen molar-refractivity contribution in [2.75, 3.05) is 20.2 Å². The van der Waals surface area contributed by atoms with Gasteiger partial charge in [0.2, 0.25) is 0 Å². The predicted molar refractivity (Wildman–Crippen MR) is 123 cm³/mol. The van der Waals surface area contributed by atoms with Crippen LogP contribution in [-0.4, -0.2) is 48.2 Å². The fraction of sp³-hybridized carbons (Fsp3) is 0.458. The summed E-state index contributed by atoms with van der Waals surface area (Å²) in [5, 5.41) is 15.9. The zero-order chi connectivity index (χ0) is 22.1. The first-order valence-corrected chi connectivity index (χ1v) is 10.4. The number of benzene rings is 1. The third kappa shape index (κ3) is 7.44. The lowest BCUT2D eigenvalue weighted by molar-refractivity contribution is 0.110. The molecule has 4 rings (SSSR count). The summed E-state index contributed by atoms with van der Waals surface area (Å²) in [6.07, 6.45) is 3.09. The van der Waals surface area contributed by atoms with Crippen molar-refractivity contribution in [1.82, 2.24) is 15.6 Å². The van der Waals surface area contributed by atoms with Crippen LogP contribution in [0.3, 0.4) is 0 Å². The molecule has 1 aromatic carbocycles. The Morgan fingerprint density at radius 1 is 1.23 bits per heavy atom. The molecule has 1 saturated heterocycles. The molecule has 3 aromatic rings. The van der Waals surface area contributed by atoms with Crippen LogP contribution in [-0.2, 0) is 0 Å². The van der Waals surface area contributed by atoms with Crippen LogP contribution >= 0.6 is 0 Å². The van der Waals surface area contributed by atoms with Gasteiger partial charge in [-0.05, 0) is 90.5 Å². The van der Waals surface area contributed by atoms with Gasteiger partial charge in [0.05, 0.1) is 6.61 Å². The van der Waals surface area contributed by atoms with Crippen LogP contribution in [0.1, 0.15) is 49.9 Å². The molecule has 1 atom stereocenters. The number of hydrogen-bond donors (Lipinski definition) is 4. The number of aliphatic hydroxyl groups is 1. The summed E-state index contributed by atoms with van der Waals surface area (Å²) in [5.41, 5.74) is 3.50. The van der Waals surface area contributed by atoms with Crippen molar-refractivity contribution in [2.24, 2.45) is 0 Å². The maximum Gasteiger partial charge on any atom is 0.185 e. The van der Waals surface area contributed by atoms with E-state index in [9.17, 15) is 4.79 Å². The summed E-state index contributed by atoms with van der Waals surface area (Å²) in [6.45, 7) is 9.81. The number of hydrogen-bond acceptors (Lipinski definition) is 5. The Balaban J connectivity index is 0.000000204. The molecule has 3 heterocycles. The van der Waals surface area contributed by atoms with Crippen molar-refractivity contribution in [3.63, 3.8) is 0 Å². The third-order valence-corrected chi connectivity index (χ3v) is 4.92. The number of H-pyrrole nitrogens is 1. The van der Waals surface area contributed by atoms with Crippen molar-refractivity contribution in [3.8, 4) is 11.3 Å². The highest BCUT2D eigenvalue weighted by molar-refractivity contribution is 5.85. The summed E-state index contributed by atoms with van der Waals surface area (Å²) in [6, 6.07) is 12.0. The zero-order valence-electron chi connectivity index (χ0n) is 18.7. The van der Waals surface area contributed by atoms with Gasteiger partial charge in [-0.1, -0.05) is 0 Å². The molecule has 6 nitrogen and oxygen atoms in total. The standard InChI is InChI=1S/C14H11NO2.C5H11NO.C5H13N/c1-9-6-11-7-10(2-4-13(11)15-9)14-5-3-12(8-16)17-14;7-4-5-2-1-3-6-5;1-5(2,3)6-4/h2-8,15H,1H3;5-7H,1-4H2;6H,1-4H3. The number of aromatic amines is 1. The van der Waals surface area contributed by atoms with E-state index in [1.165, 1.54) is 6.42 Å². The molecule has 30 heavy (non-hydrogen) atoms. The molecule has 1 fully saturated rings. The van der Waals surface area contributed by atoms with Crippen LogP contribution in [0.4, 0.5) is 0 Å². The molecule has 0 spiro atoms. The van der Waals surface area contributed by atoms with Crippen LogP contribution in [0.5, 0.6) is 0 Å². The Hall–Kier alpha value is -2.41. The van der Waals surface area contributed by atoms with Crippen LogP contribution in [0.25, 0.3) is 22.2 Å². The number of furan rings is 1. The van der Waals surface area contributed by atoms with E-state index in [2.05, 4.69) is 42.5 Å². The Morgan fingerprint density at radius 2 is 1.97 bits per heavy atom. The van der Waals surface area contributed by atoms with E-state index in [1.807, 2.05) is 38.2 Å². The molecule has 1 aliphatic heterocycles. The van der Waals surface area contributed by atoms with Gasteiger partial charge in [0.25, 0.3) is 0 Å². The van der Waals surface area contributed by atoms with E-state index in [1.54, 1.807) is 6.07 Å². The molecule has 0 radical (unpaired) electrons. The van der Waals surface area contributed by atoms with E-state index in [-0.39, 0.29) is 0 Å². The molecule has 0 amide bonds. The van der Waals surface area contributed by atoms with Crippen molar-refractivity contribution < 1.29 is 14.3 Å². The summed E-state index contributed by atoms with van der Waals surface area (Å²) >= 11 is 0. The predicted octanol–water partition coefficient (Wildman–Crippen LogP) is 4.28. The second-order valence-corrected chi connectivity index (χ2v) is 8.55. The van der Waals surface area contributed by atoms with Crippen LogP contribution in [0.15, 0.2) is 40.8 Å². The number of aldehydes is 1. The lowest BCUT2D eigenvalue weighted by Gasteiger charge is -2.15. The Kier molecular flexibility index (Phi) is 8.84. The van der Waals surface area contributed by atoms with Gasteiger partial charge in [0.15, 0.2) is 12.0 Å². The molecule has 0 saturated carbocycles. The molecule has 4 N–H and O–H groups in total. The van der Waals surface area contributed by atoms with Crippen LogP contribution < -0.4 is 10.6 Å². The molecule has 1 unspecified atom stereocenters. The first-order valence-electron chi connectivity index (χ1n) is 10.4. The fourth-order valence-electron chi connectivity index (χ4n) is 2.91. The zero-order valence-corrected chi connectivity index (χ0v) is 18.7. The van der Waals surface area contributed by atoms with Gasteiger partial charge in [0.1, 0.15) is 5.76 Å². The van der Waals surface area contributed by atoms with E-state index >= 15 is 0 Å². The normalized spacial score (nSPS) is 15.9. The van der Waals surface area contributed by atoms with Crippen molar-refractivity contribution in [3.05, 3.63) is 47.9 Å². The van der Waals surface area contributed by atoms with E-state index in [0.717, 1.165) is 35.1 Å². The number of aryl methyl sites for hydroxylation is 1. The third-order valence-electron chi connectivity index (χ3n) is 4.92. The van der Waals surface area contributed by atoms with Crippen molar-refractivity contribution >= 4 is 17.2 Å². The number of rotatable bonds is 3. The summed E-state index contributed by atoms with van der Waals surface area (Å²) in [4.78, 5) is 13.8. The SMILES string of the molecule is CNC(C)(C)C.Cc1cc2cc(-c3ccc(C=O)o3)ccc2[nH]1.OCC1CCCN1. The first kappa shape index (κ1) is 23.9. The maximum atomic E-state index is 10.6. The molecule has 164 valence electrons. The lowest BCUT2D eigenvalue weighted by atomic mass is 10.1. The monoisotopic (exact) mass is 413 g/mol. The highest BCUT2D eigenvalue weighted by Crippen LogP contribution is 2.26. The minimum Gasteiger partial charge on any atom is -0.453 e. The second kappa shape index (κ2) is 11.1. The molecular formula is C24H35N3O3. The molecule has 0 bridgehead atoms. The van der Waals surface area contributed by atoms with Crippen molar-refractivity contribution in [1.29, 1.82) is 0 Å². The topological polar surface area (TPSA) is 90.3 Å². The van der Waals surface area contributed by atoms with Gasteiger partial charge in [0, 0.05) is 33.7 Å². The number of nitrogens with one attached hydrogen (secondary N) is 3. The minimum atomic E-state index is 0.292. The first-order chi connectivity index (χ1) is 14.3. The average Bonchev–Trinajstić information content (AvgIpc) is 3.47. The number of aliphatic hydroxyl groups excluding tert-OH is 1. The van der Waals surface area contributed by atoms with Gasteiger partial charge in [-0.25, -0.2) is 0 Å². The Morgan fingerprint density at radius 3 is 2.47 bits per heavy atom. The molecule has 0 aliphatic carbocycles. The molecule has 6 heteroatoms.